The molecule has 0 saturated heterocycles. The highest BCUT2D eigenvalue weighted by molar-refractivity contribution is 6.33. The fourth-order valence-electron chi connectivity index (χ4n) is 1.61. The van der Waals surface area contributed by atoms with Crippen LogP contribution in [0.3, 0.4) is 0 Å². The van der Waals surface area contributed by atoms with Gasteiger partial charge in [0.1, 0.15) is 11.5 Å². The number of rotatable bonds is 4. The first-order chi connectivity index (χ1) is 9.60. The zero-order valence-electron chi connectivity index (χ0n) is 10.8. The molecule has 1 aromatic heterocycles. The Hall–Kier alpha value is -2.14. The van der Waals surface area contributed by atoms with E-state index >= 15 is 0 Å². The van der Waals surface area contributed by atoms with Crippen molar-refractivity contribution in [3.05, 3.63) is 53.1 Å². The predicted octanol–water partition coefficient (Wildman–Crippen LogP) is 3.56. The van der Waals surface area contributed by atoms with E-state index in [0.717, 1.165) is 18.3 Å². The number of benzene rings is 1. The van der Waals surface area contributed by atoms with Crippen molar-refractivity contribution in [3.63, 3.8) is 0 Å². The SMILES string of the molecule is CCNc1ccc(C(=O)Nc2ccc(F)cc2Cl)nc1. The molecule has 0 bridgehead atoms. The molecule has 0 saturated carbocycles. The van der Waals surface area contributed by atoms with Crippen LogP contribution in [0.25, 0.3) is 0 Å². The highest BCUT2D eigenvalue weighted by Gasteiger charge is 2.10. The van der Waals surface area contributed by atoms with Gasteiger partial charge in [0.15, 0.2) is 0 Å². The van der Waals surface area contributed by atoms with Gasteiger partial charge in [-0.3, -0.25) is 4.79 Å². The number of carbonyl (C=O) groups excluding carboxylic acids is 1. The molecule has 0 atom stereocenters. The minimum absolute atomic E-state index is 0.141. The Labute approximate surface area is 121 Å². The number of pyridine rings is 1. The molecule has 1 amide bonds. The van der Waals surface area contributed by atoms with E-state index in [-0.39, 0.29) is 10.7 Å². The molecule has 104 valence electrons. The molecule has 2 N–H and O–H groups in total. The van der Waals surface area contributed by atoms with Gasteiger partial charge in [-0.1, -0.05) is 11.6 Å². The van der Waals surface area contributed by atoms with Gasteiger partial charge < -0.3 is 10.6 Å². The van der Waals surface area contributed by atoms with E-state index in [2.05, 4.69) is 15.6 Å². The van der Waals surface area contributed by atoms with Crippen LogP contribution in [0.15, 0.2) is 36.5 Å². The number of hydrogen-bond donors (Lipinski definition) is 2. The summed E-state index contributed by atoms with van der Waals surface area (Å²) in [6, 6.07) is 7.13. The normalized spacial score (nSPS) is 10.2. The summed E-state index contributed by atoms with van der Waals surface area (Å²) in [7, 11) is 0. The second-order valence-corrected chi connectivity index (χ2v) is 4.45. The van der Waals surface area contributed by atoms with Gasteiger partial charge in [0.05, 0.1) is 22.6 Å². The average Bonchev–Trinajstić information content (AvgIpc) is 2.43. The number of hydrogen-bond acceptors (Lipinski definition) is 3. The van der Waals surface area contributed by atoms with Gasteiger partial charge >= 0.3 is 0 Å². The quantitative estimate of drug-likeness (QED) is 0.906. The molecule has 0 spiro atoms. The van der Waals surface area contributed by atoms with Crippen molar-refractivity contribution < 1.29 is 9.18 Å². The molecule has 6 heteroatoms. The minimum Gasteiger partial charge on any atom is -0.384 e. The molecular formula is C14H13ClFN3O. The van der Waals surface area contributed by atoms with Gasteiger partial charge in [-0.25, -0.2) is 9.37 Å². The standard InChI is InChI=1S/C14H13ClFN3O/c1-2-17-10-4-6-13(18-8-10)14(20)19-12-5-3-9(16)7-11(12)15/h3-8,17H,2H2,1H3,(H,19,20). The number of aromatic nitrogens is 1. The van der Waals surface area contributed by atoms with E-state index in [1.807, 2.05) is 6.92 Å². The van der Waals surface area contributed by atoms with Crippen LogP contribution in [0.4, 0.5) is 15.8 Å². The van der Waals surface area contributed by atoms with E-state index in [9.17, 15) is 9.18 Å². The molecular weight excluding hydrogens is 281 g/mol. The highest BCUT2D eigenvalue weighted by Crippen LogP contribution is 2.22. The lowest BCUT2D eigenvalue weighted by molar-refractivity contribution is 0.102. The molecule has 0 aliphatic rings. The van der Waals surface area contributed by atoms with Crippen molar-refractivity contribution in [2.24, 2.45) is 0 Å². The zero-order chi connectivity index (χ0) is 14.5. The fraction of sp³-hybridized carbons (Fsp3) is 0.143. The summed E-state index contributed by atoms with van der Waals surface area (Å²) in [5.74, 6) is -0.859. The smallest absolute Gasteiger partial charge is 0.274 e. The number of halogens is 2. The predicted molar refractivity (Wildman–Crippen MR) is 77.8 cm³/mol. The molecule has 0 fully saturated rings. The van der Waals surface area contributed by atoms with E-state index in [1.165, 1.54) is 12.1 Å². The van der Waals surface area contributed by atoms with Crippen LogP contribution in [-0.2, 0) is 0 Å². The Balaban J connectivity index is 2.11. The third-order valence-corrected chi connectivity index (χ3v) is 2.87. The fourth-order valence-corrected chi connectivity index (χ4v) is 1.83. The zero-order valence-corrected chi connectivity index (χ0v) is 11.5. The van der Waals surface area contributed by atoms with Crippen molar-refractivity contribution >= 4 is 28.9 Å². The van der Waals surface area contributed by atoms with Gasteiger partial charge in [0.2, 0.25) is 0 Å². The van der Waals surface area contributed by atoms with Crippen molar-refractivity contribution in [3.8, 4) is 0 Å². The van der Waals surface area contributed by atoms with Gasteiger partial charge in [-0.05, 0) is 37.3 Å². The Morgan fingerprint density at radius 3 is 2.75 bits per heavy atom. The Morgan fingerprint density at radius 1 is 1.35 bits per heavy atom. The van der Waals surface area contributed by atoms with E-state index in [1.54, 1.807) is 18.3 Å². The van der Waals surface area contributed by atoms with E-state index in [4.69, 9.17) is 11.6 Å². The molecule has 20 heavy (non-hydrogen) atoms. The van der Waals surface area contributed by atoms with Crippen LogP contribution < -0.4 is 10.6 Å². The third-order valence-electron chi connectivity index (χ3n) is 2.56. The second kappa shape index (κ2) is 6.34. The monoisotopic (exact) mass is 293 g/mol. The summed E-state index contributed by atoms with van der Waals surface area (Å²) < 4.78 is 12.9. The molecule has 0 aliphatic heterocycles. The minimum atomic E-state index is -0.457. The first kappa shape index (κ1) is 14.3. The highest BCUT2D eigenvalue weighted by atomic mass is 35.5. The number of amides is 1. The van der Waals surface area contributed by atoms with Crippen LogP contribution in [0.2, 0.25) is 5.02 Å². The molecule has 2 rings (SSSR count). The lowest BCUT2D eigenvalue weighted by Crippen LogP contribution is -2.14. The second-order valence-electron chi connectivity index (χ2n) is 4.04. The topological polar surface area (TPSA) is 54.0 Å². The number of carbonyl (C=O) groups is 1. The van der Waals surface area contributed by atoms with Crippen molar-refractivity contribution in [2.45, 2.75) is 6.92 Å². The van der Waals surface area contributed by atoms with Crippen molar-refractivity contribution in [1.82, 2.24) is 4.98 Å². The molecule has 1 heterocycles. The summed E-state index contributed by atoms with van der Waals surface area (Å²) in [4.78, 5) is 16.0. The van der Waals surface area contributed by atoms with Gasteiger partial charge in [0, 0.05) is 6.54 Å². The number of nitrogens with one attached hydrogen (secondary N) is 2. The first-order valence-electron chi connectivity index (χ1n) is 6.06. The van der Waals surface area contributed by atoms with Gasteiger partial charge in [-0.2, -0.15) is 0 Å². The maximum absolute atomic E-state index is 12.9. The molecule has 0 radical (unpaired) electrons. The van der Waals surface area contributed by atoms with Crippen LogP contribution in [-0.4, -0.2) is 17.4 Å². The van der Waals surface area contributed by atoms with E-state index in [0.29, 0.717) is 5.69 Å². The molecule has 0 unspecified atom stereocenters. The van der Waals surface area contributed by atoms with Gasteiger partial charge in [0.25, 0.3) is 5.91 Å². The Bertz CT molecular complexity index is 616. The summed E-state index contributed by atoms with van der Waals surface area (Å²) in [5, 5.41) is 5.81. The van der Waals surface area contributed by atoms with Crippen LogP contribution in [0.5, 0.6) is 0 Å². The van der Waals surface area contributed by atoms with Crippen LogP contribution in [0, 0.1) is 5.82 Å². The molecule has 4 nitrogen and oxygen atoms in total. The Kier molecular flexibility index (Phi) is 4.53. The van der Waals surface area contributed by atoms with Gasteiger partial charge in [-0.15, -0.1) is 0 Å². The first-order valence-corrected chi connectivity index (χ1v) is 6.44. The van der Waals surface area contributed by atoms with Crippen LogP contribution >= 0.6 is 11.6 Å². The summed E-state index contributed by atoms with van der Waals surface area (Å²) in [5.41, 5.74) is 1.44. The molecule has 2 aromatic rings. The molecule has 1 aromatic carbocycles. The van der Waals surface area contributed by atoms with Crippen molar-refractivity contribution in [2.75, 3.05) is 17.2 Å². The van der Waals surface area contributed by atoms with Crippen LogP contribution in [0.1, 0.15) is 17.4 Å². The lowest BCUT2D eigenvalue weighted by Gasteiger charge is -2.07. The van der Waals surface area contributed by atoms with Crippen molar-refractivity contribution in [1.29, 1.82) is 0 Å². The van der Waals surface area contributed by atoms with E-state index < -0.39 is 11.7 Å². The lowest BCUT2D eigenvalue weighted by atomic mass is 10.2. The average molecular weight is 294 g/mol. The largest absolute Gasteiger partial charge is 0.384 e. The number of anilines is 2. The summed E-state index contributed by atoms with van der Waals surface area (Å²) in [6.45, 7) is 2.75. The third kappa shape index (κ3) is 3.45. The maximum atomic E-state index is 12.9. The number of nitrogens with zero attached hydrogens (tertiary/aromatic N) is 1. The maximum Gasteiger partial charge on any atom is 0.274 e. The summed E-state index contributed by atoms with van der Waals surface area (Å²) >= 11 is 5.84. The molecule has 0 aliphatic carbocycles. The summed E-state index contributed by atoms with van der Waals surface area (Å²) in [6.07, 6.45) is 1.57. The Morgan fingerprint density at radius 2 is 2.15 bits per heavy atom.